The Morgan fingerprint density at radius 1 is 1.21 bits per heavy atom. The molecule has 180 valence electrons. The van der Waals surface area contributed by atoms with E-state index in [1.165, 1.54) is 11.3 Å². The van der Waals surface area contributed by atoms with Gasteiger partial charge in [-0.3, -0.25) is 0 Å². The first-order valence-electron chi connectivity index (χ1n) is 11.2. The van der Waals surface area contributed by atoms with Crippen LogP contribution in [0.1, 0.15) is 12.5 Å². The van der Waals surface area contributed by atoms with Gasteiger partial charge in [0.05, 0.1) is 24.6 Å². The lowest BCUT2D eigenvalue weighted by Crippen LogP contribution is -2.38. The number of benzene rings is 1. The topological polar surface area (TPSA) is 96.7 Å². The zero-order chi connectivity index (χ0) is 23.9. The van der Waals surface area contributed by atoms with Crippen LogP contribution in [0, 0.1) is 6.92 Å². The van der Waals surface area contributed by atoms with Gasteiger partial charge in [0.25, 0.3) is 0 Å². The van der Waals surface area contributed by atoms with Gasteiger partial charge in [-0.1, -0.05) is 11.6 Å². The Bertz CT molecular complexity index is 1190. The fourth-order valence-corrected chi connectivity index (χ4v) is 4.68. The van der Waals surface area contributed by atoms with E-state index in [-0.39, 0.29) is 6.03 Å². The minimum absolute atomic E-state index is 0.193. The average Bonchev–Trinajstić information content (AvgIpc) is 3.23. The molecule has 1 saturated heterocycles. The molecule has 9 nitrogen and oxygen atoms in total. The van der Waals surface area contributed by atoms with E-state index in [1.54, 1.807) is 0 Å². The monoisotopic (exact) mass is 501 g/mol. The lowest BCUT2D eigenvalue weighted by molar-refractivity contribution is 0.122. The molecule has 1 aliphatic rings. The number of aromatic nitrogens is 3. The molecule has 0 saturated carbocycles. The van der Waals surface area contributed by atoms with Crippen molar-refractivity contribution < 1.29 is 9.53 Å². The molecule has 3 heterocycles. The van der Waals surface area contributed by atoms with Crippen molar-refractivity contribution >= 4 is 40.5 Å². The molecule has 4 rings (SSSR count). The summed E-state index contributed by atoms with van der Waals surface area (Å²) in [7, 11) is 0. The van der Waals surface area contributed by atoms with E-state index in [9.17, 15) is 4.79 Å². The molecule has 0 aliphatic carbocycles. The van der Waals surface area contributed by atoms with Crippen LogP contribution in [0.3, 0.4) is 0 Å². The summed E-state index contributed by atoms with van der Waals surface area (Å²) in [5.41, 5.74) is 3.53. The van der Waals surface area contributed by atoms with Crippen LogP contribution in [0.2, 0.25) is 5.02 Å². The number of nitrogens with zero attached hydrogens (tertiary/aromatic N) is 5. The van der Waals surface area contributed by atoms with Crippen LogP contribution in [0.4, 0.5) is 16.3 Å². The minimum Gasteiger partial charge on any atom is -0.378 e. The number of anilines is 1. The van der Waals surface area contributed by atoms with Crippen LogP contribution in [0.15, 0.2) is 40.7 Å². The van der Waals surface area contributed by atoms with Crippen LogP contribution in [0.25, 0.3) is 11.4 Å². The minimum atomic E-state index is -0.193. The zero-order valence-corrected chi connectivity index (χ0v) is 20.8. The van der Waals surface area contributed by atoms with E-state index < -0.39 is 0 Å². The van der Waals surface area contributed by atoms with Gasteiger partial charge in [-0.2, -0.15) is 0 Å². The third kappa shape index (κ3) is 5.94. The van der Waals surface area contributed by atoms with Gasteiger partial charge >= 0.3 is 6.03 Å². The maximum atomic E-state index is 11.9. The summed E-state index contributed by atoms with van der Waals surface area (Å²) in [5, 5.41) is 17.4. The Hall–Kier alpha value is -2.95. The molecule has 11 heteroatoms. The number of rotatable bonds is 7. The van der Waals surface area contributed by atoms with Crippen LogP contribution in [-0.2, 0) is 11.3 Å². The molecule has 0 radical (unpaired) electrons. The van der Waals surface area contributed by atoms with Crippen LogP contribution in [0.5, 0.6) is 0 Å². The first-order chi connectivity index (χ1) is 16.5. The highest BCUT2D eigenvalue weighted by Crippen LogP contribution is 2.25. The molecular weight excluding hydrogens is 474 g/mol. The lowest BCUT2D eigenvalue weighted by atomic mass is 10.2. The van der Waals surface area contributed by atoms with Crippen LogP contribution >= 0.6 is 22.9 Å². The van der Waals surface area contributed by atoms with Crippen molar-refractivity contribution in [3.63, 3.8) is 0 Å². The van der Waals surface area contributed by atoms with E-state index in [1.807, 2.05) is 43.5 Å². The van der Waals surface area contributed by atoms with Crippen molar-refractivity contribution in [3.8, 4) is 11.4 Å². The number of nitrogens with one attached hydrogen (secondary N) is 2. The van der Waals surface area contributed by atoms with Crippen molar-refractivity contribution in [1.29, 1.82) is 0 Å². The highest BCUT2D eigenvalue weighted by atomic mass is 35.5. The molecule has 1 aromatic carbocycles. The molecule has 0 atom stereocenters. The second kappa shape index (κ2) is 11.5. The lowest BCUT2D eigenvalue weighted by Gasteiger charge is -2.27. The Morgan fingerprint density at radius 2 is 1.97 bits per heavy atom. The summed E-state index contributed by atoms with van der Waals surface area (Å²) in [4.78, 5) is 19.7. The van der Waals surface area contributed by atoms with Crippen molar-refractivity contribution in [2.45, 2.75) is 20.4 Å². The number of hydrogen-bond acceptors (Lipinski definition) is 7. The van der Waals surface area contributed by atoms with Crippen molar-refractivity contribution in [1.82, 2.24) is 25.4 Å². The fourth-order valence-electron chi connectivity index (χ4n) is 3.63. The molecule has 1 aliphatic heterocycles. The number of carbonyl (C=O) groups excluding carboxylic acids is 1. The summed E-state index contributed by atoms with van der Waals surface area (Å²) >= 11 is 7.54. The molecule has 3 aromatic rings. The number of hydrogen-bond donors (Lipinski definition) is 2. The summed E-state index contributed by atoms with van der Waals surface area (Å²) in [5.74, 6) is 0.857. The Labute approximate surface area is 207 Å². The molecule has 34 heavy (non-hydrogen) atoms. The van der Waals surface area contributed by atoms with E-state index in [4.69, 9.17) is 21.3 Å². The number of aryl methyl sites for hydroxylation is 1. The average molecular weight is 502 g/mol. The quantitative estimate of drug-likeness (QED) is 0.517. The maximum Gasteiger partial charge on any atom is 0.314 e. The van der Waals surface area contributed by atoms with Gasteiger partial charge < -0.3 is 24.8 Å². The predicted octanol–water partition coefficient (Wildman–Crippen LogP) is 3.36. The van der Waals surface area contributed by atoms with Gasteiger partial charge in [-0.25, -0.2) is 9.79 Å². The number of carbonyl (C=O) groups is 1. The van der Waals surface area contributed by atoms with Crippen molar-refractivity contribution in [3.05, 3.63) is 51.1 Å². The molecule has 0 spiro atoms. The number of urea groups is 1. The van der Waals surface area contributed by atoms with Crippen molar-refractivity contribution in [2.24, 2.45) is 4.99 Å². The number of thiazole rings is 1. The van der Waals surface area contributed by atoms with Gasteiger partial charge in [0, 0.05) is 43.1 Å². The number of halogens is 1. The van der Waals surface area contributed by atoms with Gasteiger partial charge in [0.1, 0.15) is 5.69 Å². The standard InChI is InChI=1S/C23H28ClN7O2S/c1-3-25-22(32)26-8-9-31-19(15-34-23(31)27-18-6-4-17(24)5-7-18)21-16(2)14-20(28-29-21)30-10-12-33-13-11-30/h4-7,14-15H,3,8-13H2,1-2H3,(H2,25,26,32). The highest BCUT2D eigenvalue weighted by Gasteiger charge is 2.17. The van der Waals surface area contributed by atoms with Gasteiger partial charge in [-0.15, -0.1) is 21.5 Å². The van der Waals surface area contributed by atoms with Gasteiger partial charge in [0.15, 0.2) is 10.6 Å². The molecule has 1 fully saturated rings. The molecule has 2 aromatic heterocycles. The molecule has 0 bridgehead atoms. The summed E-state index contributed by atoms with van der Waals surface area (Å²) in [6.07, 6.45) is 0. The third-order valence-electron chi connectivity index (χ3n) is 5.36. The predicted molar refractivity (Wildman–Crippen MR) is 135 cm³/mol. The SMILES string of the molecule is CCNC(=O)NCCn1c(-c2nnc(N3CCOCC3)cc2C)csc1=Nc1ccc(Cl)cc1. The Morgan fingerprint density at radius 3 is 2.68 bits per heavy atom. The van der Waals surface area contributed by atoms with Crippen LogP contribution < -0.4 is 20.3 Å². The summed E-state index contributed by atoms with van der Waals surface area (Å²) in [6.45, 7) is 8.49. The van der Waals surface area contributed by atoms with Gasteiger partial charge in [0.2, 0.25) is 0 Å². The first kappa shape index (κ1) is 24.2. The van der Waals surface area contributed by atoms with E-state index >= 15 is 0 Å². The second-order valence-corrected chi connectivity index (χ2v) is 9.04. The number of morpholine rings is 1. The molecule has 2 amide bonds. The summed E-state index contributed by atoms with van der Waals surface area (Å²) < 4.78 is 7.51. The van der Waals surface area contributed by atoms with E-state index in [2.05, 4.69) is 36.4 Å². The van der Waals surface area contributed by atoms with Crippen molar-refractivity contribution in [2.75, 3.05) is 44.3 Å². The summed E-state index contributed by atoms with van der Waals surface area (Å²) in [6, 6.07) is 9.26. The van der Waals surface area contributed by atoms with E-state index in [0.717, 1.165) is 46.3 Å². The normalized spacial score (nSPS) is 14.3. The zero-order valence-electron chi connectivity index (χ0n) is 19.3. The van der Waals surface area contributed by atoms with E-state index in [0.29, 0.717) is 37.9 Å². The van der Waals surface area contributed by atoms with Crippen LogP contribution in [-0.4, -0.2) is 60.2 Å². The second-order valence-electron chi connectivity index (χ2n) is 7.76. The smallest absolute Gasteiger partial charge is 0.314 e. The fraction of sp³-hybridized carbons (Fsp3) is 0.391. The number of amides is 2. The molecule has 2 N–H and O–H groups in total. The largest absolute Gasteiger partial charge is 0.378 e. The highest BCUT2D eigenvalue weighted by molar-refractivity contribution is 7.07. The van der Waals surface area contributed by atoms with Gasteiger partial charge in [-0.05, 0) is 49.7 Å². The molecular formula is C23H28ClN7O2S. The first-order valence-corrected chi connectivity index (χ1v) is 12.5. The maximum absolute atomic E-state index is 11.9. The number of ether oxygens (including phenoxy) is 1. The Balaban J connectivity index is 1.66. The Kier molecular flexibility index (Phi) is 8.15. The molecule has 0 unspecified atom stereocenters. The third-order valence-corrected chi connectivity index (χ3v) is 6.47.